The summed E-state index contributed by atoms with van der Waals surface area (Å²) < 4.78 is 16.6. The molecule has 0 aromatic carbocycles. The predicted molar refractivity (Wildman–Crippen MR) is 93.0 cm³/mol. The van der Waals surface area contributed by atoms with E-state index in [-0.39, 0.29) is 12.0 Å². The van der Waals surface area contributed by atoms with Gasteiger partial charge < -0.3 is 24.8 Å². The minimum Gasteiger partial charge on any atom is -0.444 e. The Kier molecular flexibility index (Phi) is 9.92. The summed E-state index contributed by atoms with van der Waals surface area (Å²) in [6.45, 7) is 14.6. The maximum absolute atomic E-state index is 11.5. The molecule has 0 aliphatic rings. The molecule has 7 nitrogen and oxygen atoms in total. The van der Waals surface area contributed by atoms with Crippen LogP contribution in [0.1, 0.15) is 54.9 Å². The van der Waals surface area contributed by atoms with Crippen LogP contribution in [0.5, 0.6) is 0 Å². The van der Waals surface area contributed by atoms with Gasteiger partial charge in [-0.1, -0.05) is 0 Å². The zero-order valence-corrected chi connectivity index (χ0v) is 16.2. The van der Waals surface area contributed by atoms with Crippen LogP contribution in [0.15, 0.2) is 0 Å². The first-order valence-corrected chi connectivity index (χ1v) is 8.38. The molecule has 7 heteroatoms. The SMILES string of the molecule is CC(=O)NCCOC(C)(C)COC(C)CCNC(=O)OC(C)(C)C. The number of nitrogens with one attached hydrogen (secondary N) is 2. The quantitative estimate of drug-likeness (QED) is 0.593. The van der Waals surface area contributed by atoms with Crippen LogP contribution >= 0.6 is 0 Å². The summed E-state index contributed by atoms with van der Waals surface area (Å²) in [4.78, 5) is 22.3. The van der Waals surface area contributed by atoms with Crippen LogP contribution in [0.4, 0.5) is 4.79 Å². The molecular weight excluding hydrogens is 312 g/mol. The van der Waals surface area contributed by atoms with Crippen molar-refractivity contribution in [3.63, 3.8) is 0 Å². The van der Waals surface area contributed by atoms with Crippen molar-refractivity contribution in [1.29, 1.82) is 0 Å². The number of hydrogen-bond acceptors (Lipinski definition) is 5. The summed E-state index contributed by atoms with van der Waals surface area (Å²) in [5.41, 5.74) is -0.934. The lowest BCUT2D eigenvalue weighted by atomic mass is 10.1. The third kappa shape index (κ3) is 14.3. The van der Waals surface area contributed by atoms with Gasteiger partial charge in [0.1, 0.15) is 5.60 Å². The first kappa shape index (κ1) is 22.7. The van der Waals surface area contributed by atoms with Gasteiger partial charge in [0, 0.05) is 20.0 Å². The molecule has 0 aromatic rings. The Balaban J connectivity index is 3.85. The monoisotopic (exact) mass is 346 g/mol. The van der Waals surface area contributed by atoms with Crippen molar-refractivity contribution < 1.29 is 23.8 Å². The van der Waals surface area contributed by atoms with Gasteiger partial charge in [-0.3, -0.25) is 4.79 Å². The van der Waals surface area contributed by atoms with Crippen molar-refractivity contribution in [1.82, 2.24) is 10.6 Å². The second-order valence-corrected chi connectivity index (χ2v) is 7.43. The number of amides is 2. The molecule has 0 saturated carbocycles. The van der Waals surface area contributed by atoms with E-state index in [0.717, 1.165) is 0 Å². The standard InChI is InChI=1S/C17H34N2O5/c1-13(8-9-19-15(21)24-16(3,4)5)22-12-17(6,7)23-11-10-18-14(2)20/h13H,8-12H2,1-7H3,(H,18,20)(H,19,21). The molecule has 0 aliphatic heterocycles. The predicted octanol–water partition coefficient (Wildman–Crippen LogP) is 2.24. The fourth-order valence-corrected chi connectivity index (χ4v) is 1.71. The number of alkyl carbamates (subject to hydrolysis) is 1. The lowest BCUT2D eigenvalue weighted by molar-refractivity contribution is -0.120. The second kappa shape index (κ2) is 10.5. The molecule has 0 fully saturated rings. The third-order valence-electron chi connectivity index (χ3n) is 2.90. The van der Waals surface area contributed by atoms with E-state index < -0.39 is 17.3 Å². The first-order valence-electron chi connectivity index (χ1n) is 8.38. The number of rotatable bonds is 10. The zero-order valence-electron chi connectivity index (χ0n) is 16.2. The van der Waals surface area contributed by atoms with Crippen LogP contribution in [-0.4, -0.2) is 55.6 Å². The highest BCUT2D eigenvalue weighted by Crippen LogP contribution is 2.11. The largest absolute Gasteiger partial charge is 0.444 e. The van der Waals surface area contributed by atoms with Gasteiger partial charge in [0.25, 0.3) is 0 Å². The van der Waals surface area contributed by atoms with Gasteiger partial charge in [-0.15, -0.1) is 0 Å². The lowest BCUT2D eigenvalue weighted by Gasteiger charge is -2.27. The van der Waals surface area contributed by atoms with Gasteiger partial charge in [-0.05, 0) is 48.0 Å². The number of carbonyl (C=O) groups excluding carboxylic acids is 2. The van der Waals surface area contributed by atoms with E-state index in [2.05, 4.69) is 10.6 Å². The molecule has 1 atom stereocenters. The highest BCUT2D eigenvalue weighted by molar-refractivity contribution is 5.72. The van der Waals surface area contributed by atoms with Gasteiger partial charge in [0.2, 0.25) is 5.91 Å². The van der Waals surface area contributed by atoms with Crippen molar-refractivity contribution in [3.05, 3.63) is 0 Å². The Labute approximate surface area is 145 Å². The second-order valence-electron chi connectivity index (χ2n) is 7.43. The summed E-state index contributed by atoms with van der Waals surface area (Å²) in [5.74, 6) is -0.0706. The molecule has 2 amide bonds. The van der Waals surface area contributed by atoms with Crippen LogP contribution in [0.2, 0.25) is 0 Å². The number of hydrogen-bond donors (Lipinski definition) is 2. The van der Waals surface area contributed by atoms with Crippen LogP contribution in [0.25, 0.3) is 0 Å². The molecule has 0 heterocycles. The topological polar surface area (TPSA) is 85.9 Å². The average Bonchev–Trinajstić information content (AvgIpc) is 2.39. The number of ether oxygens (including phenoxy) is 3. The van der Waals surface area contributed by atoms with Crippen LogP contribution in [0.3, 0.4) is 0 Å². The van der Waals surface area contributed by atoms with Gasteiger partial charge in [0.15, 0.2) is 0 Å². The molecule has 0 spiro atoms. The van der Waals surface area contributed by atoms with Crippen LogP contribution in [0, 0.1) is 0 Å². The molecule has 0 radical (unpaired) electrons. The van der Waals surface area contributed by atoms with E-state index in [1.54, 1.807) is 0 Å². The molecule has 2 N–H and O–H groups in total. The molecular formula is C17H34N2O5. The molecule has 0 rings (SSSR count). The summed E-state index contributed by atoms with van der Waals surface area (Å²) in [5, 5.41) is 5.39. The first-order chi connectivity index (χ1) is 10.9. The lowest BCUT2D eigenvalue weighted by Crippen LogP contribution is -2.37. The molecule has 0 saturated heterocycles. The van der Waals surface area contributed by atoms with E-state index in [9.17, 15) is 9.59 Å². The Hall–Kier alpha value is -1.34. The van der Waals surface area contributed by atoms with Crippen LogP contribution < -0.4 is 10.6 Å². The van der Waals surface area contributed by atoms with Crippen molar-refractivity contribution in [2.45, 2.75) is 72.2 Å². The molecule has 24 heavy (non-hydrogen) atoms. The van der Waals surface area contributed by atoms with E-state index in [0.29, 0.717) is 32.7 Å². The fourth-order valence-electron chi connectivity index (χ4n) is 1.71. The smallest absolute Gasteiger partial charge is 0.407 e. The third-order valence-corrected chi connectivity index (χ3v) is 2.90. The van der Waals surface area contributed by atoms with Gasteiger partial charge in [-0.25, -0.2) is 4.79 Å². The Morgan fingerprint density at radius 3 is 2.21 bits per heavy atom. The average molecular weight is 346 g/mol. The molecule has 0 bridgehead atoms. The van der Waals surface area contributed by atoms with Crippen molar-refractivity contribution in [3.8, 4) is 0 Å². The van der Waals surface area contributed by atoms with Gasteiger partial charge in [-0.2, -0.15) is 0 Å². The maximum atomic E-state index is 11.5. The summed E-state index contributed by atoms with van der Waals surface area (Å²) in [7, 11) is 0. The zero-order chi connectivity index (χ0) is 18.8. The van der Waals surface area contributed by atoms with E-state index in [1.165, 1.54) is 6.92 Å². The molecule has 0 aromatic heterocycles. The minimum atomic E-state index is -0.495. The Morgan fingerprint density at radius 2 is 1.67 bits per heavy atom. The fraction of sp³-hybridized carbons (Fsp3) is 0.882. The van der Waals surface area contributed by atoms with E-state index in [4.69, 9.17) is 14.2 Å². The number of carbonyl (C=O) groups is 2. The van der Waals surface area contributed by atoms with Crippen molar-refractivity contribution >= 4 is 12.0 Å². The Morgan fingerprint density at radius 1 is 1.04 bits per heavy atom. The van der Waals surface area contributed by atoms with E-state index in [1.807, 2.05) is 41.5 Å². The highest BCUT2D eigenvalue weighted by Gasteiger charge is 2.20. The highest BCUT2D eigenvalue weighted by atomic mass is 16.6. The minimum absolute atomic E-state index is 0.0156. The summed E-state index contributed by atoms with van der Waals surface area (Å²) in [6.07, 6.45) is 0.246. The molecule has 0 aliphatic carbocycles. The molecule has 142 valence electrons. The van der Waals surface area contributed by atoms with Crippen molar-refractivity contribution in [2.24, 2.45) is 0 Å². The van der Waals surface area contributed by atoms with Gasteiger partial charge >= 0.3 is 6.09 Å². The van der Waals surface area contributed by atoms with E-state index >= 15 is 0 Å². The summed E-state index contributed by atoms with van der Waals surface area (Å²) >= 11 is 0. The van der Waals surface area contributed by atoms with Crippen molar-refractivity contribution in [2.75, 3.05) is 26.3 Å². The normalized spacial score (nSPS) is 13.3. The summed E-state index contributed by atoms with van der Waals surface area (Å²) in [6, 6.07) is 0. The van der Waals surface area contributed by atoms with Gasteiger partial charge in [0.05, 0.1) is 24.9 Å². The Bertz CT molecular complexity index is 391. The van der Waals surface area contributed by atoms with Crippen LogP contribution in [-0.2, 0) is 19.0 Å². The molecule has 1 unspecified atom stereocenters. The maximum Gasteiger partial charge on any atom is 0.407 e.